The van der Waals surface area contributed by atoms with Crippen LogP contribution in [0, 0.1) is 5.92 Å². The van der Waals surface area contributed by atoms with Gasteiger partial charge in [0.25, 0.3) is 0 Å². The fraction of sp³-hybridized carbons (Fsp3) is 0.562. The average Bonchev–Trinajstić information content (AvgIpc) is 3.18. The maximum absolute atomic E-state index is 11.3. The Hall–Kier alpha value is -2.11. The summed E-state index contributed by atoms with van der Waals surface area (Å²) in [6, 6.07) is 0. The SMILES string of the molecule is CCc1c[nH]c2ncnc(N3CCC(CCC(=O)OC)C3)c12. The van der Waals surface area contributed by atoms with Gasteiger partial charge in [0.2, 0.25) is 0 Å². The summed E-state index contributed by atoms with van der Waals surface area (Å²) >= 11 is 0. The molecule has 118 valence electrons. The first kappa shape index (κ1) is 14.8. The fourth-order valence-electron chi connectivity index (χ4n) is 3.21. The van der Waals surface area contributed by atoms with Gasteiger partial charge >= 0.3 is 5.97 Å². The van der Waals surface area contributed by atoms with Crippen LogP contribution in [0.2, 0.25) is 0 Å². The van der Waals surface area contributed by atoms with Crippen molar-refractivity contribution in [1.29, 1.82) is 0 Å². The van der Waals surface area contributed by atoms with Crippen molar-refractivity contribution in [3.8, 4) is 0 Å². The molecular weight excluding hydrogens is 280 g/mol. The van der Waals surface area contributed by atoms with E-state index in [-0.39, 0.29) is 5.97 Å². The second-order valence-corrected chi connectivity index (χ2v) is 5.80. The van der Waals surface area contributed by atoms with Crippen molar-refractivity contribution in [3.05, 3.63) is 18.1 Å². The number of rotatable bonds is 5. The molecule has 0 amide bonds. The van der Waals surface area contributed by atoms with E-state index in [2.05, 4.69) is 26.8 Å². The number of hydrogen-bond acceptors (Lipinski definition) is 5. The number of methoxy groups -OCH3 is 1. The lowest BCUT2D eigenvalue weighted by Gasteiger charge is -2.18. The van der Waals surface area contributed by atoms with E-state index in [1.54, 1.807) is 6.33 Å². The molecule has 2 aromatic rings. The monoisotopic (exact) mass is 302 g/mol. The topological polar surface area (TPSA) is 71.1 Å². The predicted octanol–water partition coefficient (Wildman–Crippen LogP) is 2.30. The molecule has 22 heavy (non-hydrogen) atoms. The van der Waals surface area contributed by atoms with Crippen molar-refractivity contribution >= 4 is 22.8 Å². The average molecular weight is 302 g/mol. The van der Waals surface area contributed by atoms with Gasteiger partial charge in [-0.25, -0.2) is 9.97 Å². The molecule has 1 atom stereocenters. The van der Waals surface area contributed by atoms with Crippen LogP contribution in [0.1, 0.15) is 31.7 Å². The van der Waals surface area contributed by atoms with E-state index in [1.165, 1.54) is 12.7 Å². The lowest BCUT2D eigenvalue weighted by Crippen LogP contribution is -2.21. The molecule has 1 aliphatic heterocycles. The first-order valence-corrected chi connectivity index (χ1v) is 7.85. The van der Waals surface area contributed by atoms with Crippen molar-refractivity contribution in [3.63, 3.8) is 0 Å². The number of aromatic nitrogens is 3. The zero-order valence-electron chi connectivity index (χ0n) is 13.1. The van der Waals surface area contributed by atoms with Crippen LogP contribution in [0.5, 0.6) is 0 Å². The lowest BCUT2D eigenvalue weighted by atomic mass is 10.0. The largest absolute Gasteiger partial charge is 0.469 e. The van der Waals surface area contributed by atoms with Crippen LogP contribution >= 0.6 is 0 Å². The minimum Gasteiger partial charge on any atom is -0.469 e. The summed E-state index contributed by atoms with van der Waals surface area (Å²) in [5.74, 6) is 1.42. The van der Waals surface area contributed by atoms with Gasteiger partial charge in [0, 0.05) is 25.7 Å². The normalized spacial score (nSPS) is 18.1. The number of carbonyl (C=O) groups excluding carboxylic acids is 1. The first-order chi connectivity index (χ1) is 10.7. The molecule has 1 fully saturated rings. The van der Waals surface area contributed by atoms with Crippen LogP contribution in [0.15, 0.2) is 12.5 Å². The molecule has 6 nitrogen and oxygen atoms in total. The van der Waals surface area contributed by atoms with E-state index in [4.69, 9.17) is 4.74 Å². The molecule has 0 spiro atoms. The van der Waals surface area contributed by atoms with E-state index < -0.39 is 0 Å². The Morgan fingerprint density at radius 1 is 1.50 bits per heavy atom. The Balaban J connectivity index is 1.75. The zero-order valence-corrected chi connectivity index (χ0v) is 13.1. The van der Waals surface area contributed by atoms with Gasteiger partial charge in [-0.1, -0.05) is 6.92 Å². The van der Waals surface area contributed by atoms with Crippen LogP contribution in [0.25, 0.3) is 11.0 Å². The summed E-state index contributed by atoms with van der Waals surface area (Å²) in [7, 11) is 1.44. The molecule has 1 saturated heterocycles. The predicted molar refractivity (Wildman–Crippen MR) is 84.8 cm³/mol. The number of carbonyl (C=O) groups is 1. The number of H-pyrrole nitrogens is 1. The van der Waals surface area contributed by atoms with Gasteiger partial charge < -0.3 is 14.6 Å². The highest BCUT2D eigenvalue weighted by Gasteiger charge is 2.26. The highest BCUT2D eigenvalue weighted by molar-refractivity contribution is 5.90. The molecule has 1 aliphatic rings. The molecule has 1 N–H and O–H groups in total. The van der Waals surface area contributed by atoms with Crippen molar-refractivity contribution in [2.24, 2.45) is 5.92 Å². The summed E-state index contributed by atoms with van der Waals surface area (Å²) in [5, 5.41) is 1.14. The number of ether oxygens (including phenoxy) is 1. The van der Waals surface area contributed by atoms with Gasteiger partial charge in [-0.2, -0.15) is 0 Å². The van der Waals surface area contributed by atoms with Crippen LogP contribution in [0.3, 0.4) is 0 Å². The summed E-state index contributed by atoms with van der Waals surface area (Å²) in [6.07, 6.45) is 7.07. The standard InChI is InChI=1S/C16H22N4O2/c1-3-12-8-17-15-14(12)16(19-10-18-15)20-7-6-11(9-20)4-5-13(21)22-2/h8,10-11H,3-7,9H2,1-2H3,(H,17,18,19). The third kappa shape index (κ3) is 2.77. The maximum Gasteiger partial charge on any atom is 0.305 e. The van der Waals surface area contributed by atoms with Gasteiger partial charge in [-0.3, -0.25) is 4.79 Å². The minimum absolute atomic E-state index is 0.123. The second-order valence-electron chi connectivity index (χ2n) is 5.80. The number of aryl methyl sites for hydroxylation is 1. The molecule has 0 bridgehead atoms. The minimum atomic E-state index is -0.123. The van der Waals surface area contributed by atoms with Crippen LogP contribution in [-0.2, 0) is 16.0 Å². The molecule has 0 aliphatic carbocycles. The molecule has 3 rings (SSSR count). The van der Waals surface area contributed by atoms with E-state index in [1.807, 2.05) is 6.20 Å². The van der Waals surface area contributed by atoms with Crippen molar-refractivity contribution < 1.29 is 9.53 Å². The van der Waals surface area contributed by atoms with Crippen LogP contribution < -0.4 is 4.90 Å². The molecule has 2 aromatic heterocycles. The number of nitrogens with one attached hydrogen (secondary N) is 1. The van der Waals surface area contributed by atoms with Gasteiger partial charge in [0.1, 0.15) is 17.8 Å². The number of anilines is 1. The van der Waals surface area contributed by atoms with Crippen LogP contribution in [-0.4, -0.2) is 41.1 Å². The number of aromatic amines is 1. The maximum atomic E-state index is 11.3. The Morgan fingerprint density at radius 2 is 2.36 bits per heavy atom. The zero-order chi connectivity index (χ0) is 15.5. The van der Waals surface area contributed by atoms with E-state index in [0.717, 1.165) is 49.2 Å². The quantitative estimate of drug-likeness (QED) is 0.858. The Kier molecular flexibility index (Phi) is 4.27. The third-order valence-electron chi connectivity index (χ3n) is 4.48. The number of fused-ring (bicyclic) bond motifs is 1. The molecule has 1 unspecified atom stereocenters. The lowest BCUT2D eigenvalue weighted by molar-refractivity contribution is -0.140. The molecule has 0 aromatic carbocycles. The van der Waals surface area contributed by atoms with Crippen molar-refractivity contribution in [2.45, 2.75) is 32.6 Å². The van der Waals surface area contributed by atoms with E-state index in [0.29, 0.717) is 12.3 Å². The summed E-state index contributed by atoms with van der Waals surface area (Å²) in [4.78, 5) is 25.7. The number of nitrogens with zero attached hydrogens (tertiary/aromatic N) is 3. The molecule has 0 radical (unpaired) electrons. The van der Waals surface area contributed by atoms with Gasteiger partial charge in [0.05, 0.1) is 12.5 Å². The number of hydrogen-bond donors (Lipinski definition) is 1. The highest BCUT2D eigenvalue weighted by atomic mass is 16.5. The summed E-state index contributed by atoms with van der Waals surface area (Å²) < 4.78 is 4.72. The Morgan fingerprint density at radius 3 is 3.14 bits per heavy atom. The van der Waals surface area contributed by atoms with Gasteiger partial charge in [0.15, 0.2) is 0 Å². The molecular formula is C16H22N4O2. The van der Waals surface area contributed by atoms with E-state index >= 15 is 0 Å². The summed E-state index contributed by atoms with van der Waals surface area (Å²) in [6.45, 7) is 4.06. The van der Waals surface area contributed by atoms with Gasteiger partial charge in [-0.15, -0.1) is 0 Å². The first-order valence-electron chi connectivity index (χ1n) is 7.85. The van der Waals surface area contributed by atoms with Gasteiger partial charge in [-0.05, 0) is 30.7 Å². The summed E-state index contributed by atoms with van der Waals surface area (Å²) in [5.41, 5.74) is 2.16. The third-order valence-corrected chi connectivity index (χ3v) is 4.48. The van der Waals surface area contributed by atoms with Crippen molar-refractivity contribution in [2.75, 3.05) is 25.1 Å². The van der Waals surface area contributed by atoms with Crippen molar-refractivity contribution in [1.82, 2.24) is 15.0 Å². The molecule has 3 heterocycles. The smallest absolute Gasteiger partial charge is 0.305 e. The van der Waals surface area contributed by atoms with Crippen LogP contribution in [0.4, 0.5) is 5.82 Å². The molecule has 0 saturated carbocycles. The second kappa shape index (κ2) is 6.34. The molecule has 6 heteroatoms. The fourth-order valence-corrected chi connectivity index (χ4v) is 3.21. The Labute approximate surface area is 129 Å². The van der Waals surface area contributed by atoms with E-state index in [9.17, 15) is 4.79 Å². The Bertz CT molecular complexity index is 667. The highest BCUT2D eigenvalue weighted by Crippen LogP contribution is 2.31. The number of esters is 1.